The SMILES string of the molecule is CCCNCCNCC1CCC(F)(F)CC1. The van der Waals surface area contributed by atoms with Crippen molar-refractivity contribution in [2.75, 3.05) is 26.2 Å². The van der Waals surface area contributed by atoms with Gasteiger partial charge in [-0.3, -0.25) is 0 Å². The van der Waals surface area contributed by atoms with E-state index in [1.54, 1.807) is 0 Å². The van der Waals surface area contributed by atoms with Gasteiger partial charge in [0.1, 0.15) is 0 Å². The maximum Gasteiger partial charge on any atom is 0.248 e. The molecule has 16 heavy (non-hydrogen) atoms. The van der Waals surface area contributed by atoms with Crippen LogP contribution in [0, 0.1) is 5.92 Å². The molecule has 1 aliphatic carbocycles. The van der Waals surface area contributed by atoms with Crippen LogP contribution in [0.15, 0.2) is 0 Å². The van der Waals surface area contributed by atoms with Gasteiger partial charge in [0.2, 0.25) is 5.92 Å². The molecule has 1 fully saturated rings. The molecular formula is C12H24F2N2. The summed E-state index contributed by atoms with van der Waals surface area (Å²) in [6.45, 7) is 5.99. The molecule has 0 aliphatic heterocycles. The molecule has 1 saturated carbocycles. The number of halogens is 2. The van der Waals surface area contributed by atoms with Gasteiger partial charge in [-0.25, -0.2) is 8.78 Å². The maximum atomic E-state index is 12.9. The Kier molecular flexibility index (Phi) is 6.21. The van der Waals surface area contributed by atoms with Crippen LogP contribution in [-0.4, -0.2) is 32.1 Å². The average Bonchev–Trinajstić information content (AvgIpc) is 2.25. The fourth-order valence-corrected chi connectivity index (χ4v) is 2.09. The first kappa shape index (κ1) is 13.8. The highest BCUT2D eigenvalue weighted by Crippen LogP contribution is 2.35. The van der Waals surface area contributed by atoms with Crippen molar-refractivity contribution in [2.45, 2.75) is 45.0 Å². The molecule has 96 valence electrons. The summed E-state index contributed by atoms with van der Waals surface area (Å²) in [5.41, 5.74) is 0. The standard InChI is InChI=1S/C12H24F2N2/c1-2-7-15-8-9-16-10-11-3-5-12(13,14)6-4-11/h11,15-16H,2-10H2,1H3. The Morgan fingerprint density at radius 1 is 1.06 bits per heavy atom. The van der Waals surface area contributed by atoms with E-state index in [2.05, 4.69) is 17.6 Å². The molecule has 2 N–H and O–H groups in total. The van der Waals surface area contributed by atoms with Crippen LogP contribution in [0.4, 0.5) is 8.78 Å². The van der Waals surface area contributed by atoms with Crippen LogP contribution in [0.3, 0.4) is 0 Å². The van der Waals surface area contributed by atoms with E-state index in [-0.39, 0.29) is 12.8 Å². The molecule has 2 nitrogen and oxygen atoms in total. The zero-order chi connectivity index (χ0) is 11.9. The molecule has 0 radical (unpaired) electrons. The normalized spacial score (nSPS) is 21.2. The molecule has 0 amide bonds. The second-order valence-corrected chi connectivity index (χ2v) is 4.75. The highest BCUT2D eigenvalue weighted by atomic mass is 19.3. The average molecular weight is 234 g/mol. The lowest BCUT2D eigenvalue weighted by Gasteiger charge is -2.28. The van der Waals surface area contributed by atoms with Crippen molar-refractivity contribution in [3.8, 4) is 0 Å². The van der Waals surface area contributed by atoms with Gasteiger partial charge in [-0.05, 0) is 38.3 Å². The highest BCUT2D eigenvalue weighted by Gasteiger charge is 2.34. The Morgan fingerprint density at radius 2 is 1.69 bits per heavy atom. The van der Waals surface area contributed by atoms with Crippen molar-refractivity contribution in [3.05, 3.63) is 0 Å². The van der Waals surface area contributed by atoms with Crippen molar-refractivity contribution in [3.63, 3.8) is 0 Å². The monoisotopic (exact) mass is 234 g/mol. The molecule has 0 unspecified atom stereocenters. The fraction of sp³-hybridized carbons (Fsp3) is 1.00. The molecular weight excluding hydrogens is 210 g/mol. The smallest absolute Gasteiger partial charge is 0.248 e. The third-order valence-electron chi connectivity index (χ3n) is 3.18. The summed E-state index contributed by atoms with van der Waals surface area (Å²) >= 11 is 0. The Hall–Kier alpha value is -0.220. The number of rotatable bonds is 7. The molecule has 0 heterocycles. The summed E-state index contributed by atoms with van der Waals surface area (Å²) in [6, 6.07) is 0. The first-order chi connectivity index (χ1) is 7.64. The topological polar surface area (TPSA) is 24.1 Å². The number of hydrogen-bond donors (Lipinski definition) is 2. The first-order valence-electron chi connectivity index (χ1n) is 6.43. The largest absolute Gasteiger partial charge is 0.315 e. The van der Waals surface area contributed by atoms with E-state index in [1.165, 1.54) is 0 Å². The lowest BCUT2D eigenvalue weighted by molar-refractivity contribution is -0.0454. The second kappa shape index (κ2) is 7.17. The first-order valence-corrected chi connectivity index (χ1v) is 6.43. The molecule has 4 heteroatoms. The molecule has 0 aromatic heterocycles. The highest BCUT2D eigenvalue weighted by molar-refractivity contribution is 4.78. The second-order valence-electron chi connectivity index (χ2n) is 4.75. The van der Waals surface area contributed by atoms with Crippen LogP contribution in [0.2, 0.25) is 0 Å². The van der Waals surface area contributed by atoms with Gasteiger partial charge in [-0.2, -0.15) is 0 Å². The van der Waals surface area contributed by atoms with Crippen LogP contribution >= 0.6 is 0 Å². The number of hydrogen-bond acceptors (Lipinski definition) is 2. The van der Waals surface area contributed by atoms with Crippen molar-refractivity contribution in [1.29, 1.82) is 0 Å². The zero-order valence-corrected chi connectivity index (χ0v) is 10.2. The van der Waals surface area contributed by atoms with E-state index < -0.39 is 5.92 Å². The van der Waals surface area contributed by atoms with Gasteiger partial charge in [-0.15, -0.1) is 0 Å². The molecule has 0 spiro atoms. The van der Waals surface area contributed by atoms with E-state index in [0.29, 0.717) is 18.8 Å². The lowest BCUT2D eigenvalue weighted by Crippen LogP contribution is -2.34. The minimum absolute atomic E-state index is 0.0768. The Balaban J connectivity index is 1.94. The molecule has 0 aromatic carbocycles. The van der Waals surface area contributed by atoms with Crippen molar-refractivity contribution < 1.29 is 8.78 Å². The molecule has 1 rings (SSSR count). The Bertz CT molecular complexity index is 176. The van der Waals surface area contributed by atoms with Crippen LogP contribution < -0.4 is 10.6 Å². The summed E-state index contributed by atoms with van der Waals surface area (Å²) in [7, 11) is 0. The lowest BCUT2D eigenvalue weighted by atomic mass is 9.87. The van der Waals surface area contributed by atoms with Crippen molar-refractivity contribution >= 4 is 0 Å². The number of nitrogens with one attached hydrogen (secondary N) is 2. The third kappa shape index (κ3) is 5.75. The Morgan fingerprint density at radius 3 is 2.31 bits per heavy atom. The van der Waals surface area contributed by atoms with E-state index >= 15 is 0 Å². The predicted octanol–water partition coefficient (Wildman–Crippen LogP) is 2.40. The van der Waals surface area contributed by atoms with Crippen LogP contribution in [0.1, 0.15) is 39.0 Å². The molecule has 1 aliphatic rings. The van der Waals surface area contributed by atoms with E-state index in [1.807, 2.05) is 0 Å². The molecule has 0 saturated heterocycles. The summed E-state index contributed by atoms with van der Waals surface area (Å²) in [4.78, 5) is 0. The van der Waals surface area contributed by atoms with Gasteiger partial charge in [0.05, 0.1) is 0 Å². The quantitative estimate of drug-likeness (QED) is 0.661. The van der Waals surface area contributed by atoms with E-state index in [9.17, 15) is 8.78 Å². The van der Waals surface area contributed by atoms with Gasteiger partial charge < -0.3 is 10.6 Å². The van der Waals surface area contributed by atoms with Crippen molar-refractivity contribution in [1.82, 2.24) is 10.6 Å². The maximum absolute atomic E-state index is 12.9. The summed E-state index contributed by atoms with van der Waals surface area (Å²) in [5.74, 6) is -1.94. The van der Waals surface area contributed by atoms with Gasteiger partial charge >= 0.3 is 0 Å². The van der Waals surface area contributed by atoms with Gasteiger partial charge in [0.25, 0.3) is 0 Å². The van der Waals surface area contributed by atoms with E-state index in [0.717, 1.165) is 32.6 Å². The molecule has 0 bridgehead atoms. The minimum atomic E-state index is -2.39. The summed E-state index contributed by atoms with van der Waals surface area (Å²) < 4.78 is 25.8. The molecule has 0 atom stereocenters. The van der Waals surface area contributed by atoms with Gasteiger partial charge in [0.15, 0.2) is 0 Å². The summed E-state index contributed by atoms with van der Waals surface area (Å²) in [5, 5.41) is 6.64. The number of alkyl halides is 2. The summed E-state index contributed by atoms with van der Waals surface area (Å²) in [6.07, 6.45) is 2.64. The third-order valence-corrected chi connectivity index (χ3v) is 3.18. The predicted molar refractivity (Wildman–Crippen MR) is 62.9 cm³/mol. The van der Waals surface area contributed by atoms with Gasteiger partial charge in [0, 0.05) is 25.9 Å². The Labute approximate surface area is 97.2 Å². The fourth-order valence-electron chi connectivity index (χ4n) is 2.09. The van der Waals surface area contributed by atoms with Crippen molar-refractivity contribution in [2.24, 2.45) is 5.92 Å². The van der Waals surface area contributed by atoms with Gasteiger partial charge in [-0.1, -0.05) is 6.92 Å². The van der Waals surface area contributed by atoms with Crippen LogP contribution in [0.25, 0.3) is 0 Å². The van der Waals surface area contributed by atoms with E-state index in [4.69, 9.17) is 0 Å². The van der Waals surface area contributed by atoms with Crippen LogP contribution in [0.5, 0.6) is 0 Å². The molecule has 0 aromatic rings. The minimum Gasteiger partial charge on any atom is -0.315 e. The van der Waals surface area contributed by atoms with Crippen LogP contribution in [-0.2, 0) is 0 Å². The zero-order valence-electron chi connectivity index (χ0n) is 10.2.